The van der Waals surface area contributed by atoms with Crippen LogP contribution in [0, 0.1) is 0 Å². The molecule has 0 saturated carbocycles. The van der Waals surface area contributed by atoms with E-state index in [4.69, 9.17) is 8.83 Å². The van der Waals surface area contributed by atoms with E-state index in [1.165, 1.54) is 5.56 Å². The van der Waals surface area contributed by atoms with Gasteiger partial charge in [-0.05, 0) is 43.9 Å². The lowest BCUT2D eigenvalue weighted by molar-refractivity contribution is 0.479. The van der Waals surface area contributed by atoms with E-state index in [0.717, 1.165) is 63.6 Å². The van der Waals surface area contributed by atoms with E-state index in [0.29, 0.717) is 6.42 Å². The minimum absolute atomic E-state index is 0.0988. The van der Waals surface area contributed by atoms with Crippen molar-refractivity contribution in [2.24, 2.45) is 0 Å². The van der Waals surface area contributed by atoms with Gasteiger partial charge >= 0.3 is 0 Å². The number of hydrogen-bond acceptors (Lipinski definition) is 3. The summed E-state index contributed by atoms with van der Waals surface area (Å²) in [6.45, 7) is 0. The third-order valence-electron chi connectivity index (χ3n) is 7.56. The molecule has 4 heteroatoms. The molecule has 0 amide bonds. The number of para-hydroxylation sites is 2. The fraction of sp³-hybridized carbons (Fsp3) is 0.200. The molecule has 0 spiro atoms. The second-order valence-electron chi connectivity index (χ2n) is 9.40. The van der Waals surface area contributed by atoms with Crippen molar-refractivity contribution >= 4 is 46.5 Å². The van der Waals surface area contributed by atoms with Gasteiger partial charge in [-0.3, -0.25) is 0 Å². The van der Waals surface area contributed by atoms with Crippen molar-refractivity contribution in [3.63, 3.8) is 0 Å². The lowest BCUT2D eigenvalue weighted by atomic mass is 9.95. The molecule has 3 unspecified atom stereocenters. The van der Waals surface area contributed by atoms with Gasteiger partial charge < -0.3 is 13.4 Å². The van der Waals surface area contributed by atoms with E-state index >= 15 is 4.57 Å². The molecule has 3 atom stereocenters. The Labute approximate surface area is 198 Å². The van der Waals surface area contributed by atoms with Crippen molar-refractivity contribution in [1.82, 2.24) is 0 Å². The number of benzene rings is 2. The average Bonchev–Trinajstić information content (AvgIpc) is 3.47. The predicted molar refractivity (Wildman–Crippen MR) is 140 cm³/mol. The summed E-state index contributed by atoms with van der Waals surface area (Å²) in [5, 5.41) is 2.92. The topological polar surface area (TPSA) is 43.4 Å². The van der Waals surface area contributed by atoms with Gasteiger partial charge in [0.2, 0.25) is 0 Å². The second kappa shape index (κ2) is 7.61. The molecule has 34 heavy (non-hydrogen) atoms. The van der Waals surface area contributed by atoms with Gasteiger partial charge in [-0.1, -0.05) is 72.9 Å². The molecule has 0 radical (unpaired) electrons. The summed E-state index contributed by atoms with van der Waals surface area (Å²) < 4.78 is 28.5. The Morgan fingerprint density at radius 2 is 1.76 bits per heavy atom. The van der Waals surface area contributed by atoms with Crippen molar-refractivity contribution in [2.75, 3.05) is 0 Å². The first kappa shape index (κ1) is 20.1. The molecule has 3 nitrogen and oxygen atoms in total. The van der Waals surface area contributed by atoms with Crippen molar-refractivity contribution in [2.45, 2.75) is 37.0 Å². The van der Waals surface area contributed by atoms with Crippen LogP contribution in [0.1, 0.15) is 47.6 Å². The maximum atomic E-state index is 15.6. The quantitative estimate of drug-likeness (QED) is 0.287. The molecule has 4 aromatic rings. The molecule has 2 aromatic carbocycles. The lowest BCUT2D eigenvalue weighted by Crippen LogP contribution is -2.23. The van der Waals surface area contributed by atoms with E-state index in [1.807, 2.05) is 42.5 Å². The van der Waals surface area contributed by atoms with Crippen LogP contribution in [0.4, 0.5) is 0 Å². The highest BCUT2D eigenvalue weighted by Crippen LogP contribution is 2.67. The maximum Gasteiger partial charge on any atom is 0.146 e. The third kappa shape index (κ3) is 2.80. The summed E-state index contributed by atoms with van der Waals surface area (Å²) in [4.78, 5) is 0. The molecule has 0 aliphatic heterocycles. The number of furan rings is 2. The van der Waals surface area contributed by atoms with Crippen LogP contribution in [0.3, 0.4) is 0 Å². The van der Waals surface area contributed by atoms with Gasteiger partial charge in [0.25, 0.3) is 0 Å². The predicted octanol–water partition coefficient (Wildman–Crippen LogP) is 8.17. The number of allylic oxidation sites excluding steroid dienone is 6. The Bertz CT molecular complexity index is 1610. The Morgan fingerprint density at radius 1 is 0.853 bits per heavy atom. The molecule has 0 saturated heterocycles. The van der Waals surface area contributed by atoms with Crippen molar-refractivity contribution in [1.29, 1.82) is 0 Å². The van der Waals surface area contributed by atoms with E-state index in [1.54, 1.807) is 0 Å². The number of rotatable bonds is 3. The highest BCUT2D eigenvalue weighted by molar-refractivity contribution is 7.73. The van der Waals surface area contributed by atoms with Gasteiger partial charge in [0, 0.05) is 27.6 Å². The van der Waals surface area contributed by atoms with Gasteiger partial charge in [-0.15, -0.1) is 0 Å². The minimum Gasteiger partial charge on any atom is -0.460 e. The molecule has 7 rings (SSSR count). The largest absolute Gasteiger partial charge is 0.460 e. The van der Waals surface area contributed by atoms with Crippen molar-refractivity contribution in [3.05, 3.63) is 102 Å². The fourth-order valence-corrected chi connectivity index (χ4v) is 9.67. The standard InChI is InChI=1S/C30H25O3P/c31-34(20-10-2-1-3-11-20,27-18-8-14-23-21-12-4-6-16-25(21)32-29(23)27)28-19-9-15-24-22-13-5-7-17-26(22)33-30(24)28/h1-4,6-10,12,14-18,20,28H,5,11,13,19H2. The van der Waals surface area contributed by atoms with Gasteiger partial charge in [-0.2, -0.15) is 0 Å². The van der Waals surface area contributed by atoms with Crippen LogP contribution in [-0.4, -0.2) is 5.66 Å². The van der Waals surface area contributed by atoms with Crippen molar-refractivity contribution in [3.8, 4) is 0 Å². The Hall–Kier alpha value is -3.29. The average molecular weight is 465 g/mol. The maximum absolute atomic E-state index is 15.6. The Balaban J connectivity index is 1.50. The summed E-state index contributed by atoms with van der Waals surface area (Å²) >= 11 is 0. The molecule has 0 bridgehead atoms. The Kier molecular flexibility index (Phi) is 4.50. The van der Waals surface area contributed by atoms with Crippen LogP contribution in [0.15, 0.2) is 87.8 Å². The first-order chi connectivity index (χ1) is 16.7. The van der Waals surface area contributed by atoms with Gasteiger partial charge in [0.05, 0.1) is 11.0 Å². The van der Waals surface area contributed by atoms with Crippen LogP contribution in [0.2, 0.25) is 0 Å². The Morgan fingerprint density at radius 3 is 2.68 bits per heavy atom. The summed E-state index contributed by atoms with van der Waals surface area (Å²) in [6, 6.07) is 14.2. The first-order valence-electron chi connectivity index (χ1n) is 12.1. The zero-order valence-electron chi connectivity index (χ0n) is 18.8. The molecule has 0 N–H and O–H groups in total. The monoisotopic (exact) mass is 464 g/mol. The summed E-state index contributed by atoms with van der Waals surface area (Å²) in [7, 11) is -3.06. The number of hydrogen-bond donors (Lipinski definition) is 0. The zero-order chi connectivity index (χ0) is 22.7. The smallest absolute Gasteiger partial charge is 0.146 e. The van der Waals surface area contributed by atoms with Crippen molar-refractivity contribution < 1.29 is 13.4 Å². The molecule has 2 heterocycles. The molecular weight excluding hydrogens is 439 g/mol. The second-order valence-corrected chi connectivity index (χ2v) is 12.6. The van der Waals surface area contributed by atoms with Crippen LogP contribution < -0.4 is 5.30 Å². The van der Waals surface area contributed by atoms with Crippen LogP contribution >= 0.6 is 7.14 Å². The number of fused-ring (bicyclic) bond motifs is 6. The SMILES string of the molecule is O=P(c1cccc2c1oc1ccccc12)(C1C=CC=CC1)C1CC=Cc2c1oc1c2CCC=C1. The molecule has 0 fully saturated rings. The van der Waals surface area contributed by atoms with Crippen LogP contribution in [0.25, 0.3) is 34.1 Å². The minimum atomic E-state index is -3.06. The third-order valence-corrected chi connectivity index (χ3v) is 11.4. The van der Waals surface area contributed by atoms with Gasteiger partial charge in [0.1, 0.15) is 29.8 Å². The highest BCUT2D eigenvalue weighted by Gasteiger charge is 2.46. The highest BCUT2D eigenvalue weighted by atomic mass is 31.2. The van der Waals surface area contributed by atoms with Gasteiger partial charge in [-0.25, -0.2) is 0 Å². The summed E-state index contributed by atoms with van der Waals surface area (Å²) in [6.07, 6.45) is 20.4. The molecule has 2 aromatic heterocycles. The molecule has 168 valence electrons. The first-order valence-corrected chi connectivity index (χ1v) is 13.9. The molecular formula is C30H25O3P. The van der Waals surface area contributed by atoms with Gasteiger partial charge in [0.15, 0.2) is 0 Å². The van der Waals surface area contributed by atoms with E-state index < -0.39 is 7.14 Å². The molecule has 3 aliphatic rings. The van der Waals surface area contributed by atoms with E-state index in [9.17, 15) is 0 Å². The summed E-state index contributed by atoms with van der Waals surface area (Å²) in [5.41, 5.74) is 3.67. The van der Waals surface area contributed by atoms with E-state index in [-0.39, 0.29) is 11.3 Å². The van der Waals surface area contributed by atoms with Crippen LogP contribution in [0.5, 0.6) is 0 Å². The van der Waals surface area contributed by atoms with E-state index in [2.05, 4.69) is 48.6 Å². The fourth-order valence-electron chi connectivity index (χ4n) is 5.95. The zero-order valence-corrected chi connectivity index (χ0v) is 19.7. The summed E-state index contributed by atoms with van der Waals surface area (Å²) in [5.74, 6) is 1.82. The lowest BCUT2D eigenvalue weighted by Gasteiger charge is -2.33. The normalized spacial score (nSPS) is 22.7. The molecule has 3 aliphatic carbocycles. The van der Waals surface area contributed by atoms with Crippen LogP contribution in [-0.2, 0) is 11.0 Å².